The minimum atomic E-state index is -0.810. The lowest BCUT2D eigenvalue weighted by molar-refractivity contribution is -0.136. The van der Waals surface area contributed by atoms with E-state index < -0.39 is 17.9 Å². The minimum Gasteiger partial charge on any atom is -0.394 e. The molecular formula is C23H27N3O5. The van der Waals surface area contributed by atoms with Crippen molar-refractivity contribution in [2.75, 3.05) is 36.5 Å². The number of benzene rings is 2. The van der Waals surface area contributed by atoms with Gasteiger partial charge in [0.1, 0.15) is 0 Å². The average molecular weight is 425 g/mol. The second-order valence-electron chi connectivity index (χ2n) is 7.36. The fourth-order valence-electron chi connectivity index (χ4n) is 3.38. The van der Waals surface area contributed by atoms with E-state index in [1.54, 1.807) is 29.2 Å². The summed E-state index contributed by atoms with van der Waals surface area (Å²) in [5.74, 6) is -1.56. The molecule has 3 N–H and O–H groups in total. The number of aliphatic hydroxyl groups excluding tert-OH is 1. The standard InChI is InChI=1S/C23H27N3O5/c1-16-7-9-17(10-8-16)20(31-13-12-27)15-24-22(29)23(30)25-18-4-2-5-19(14-18)26-11-3-6-21(26)28/h2,4-5,7-10,14,20,27H,3,6,11-13,15H2,1H3,(H,24,29)(H,25,30). The molecule has 1 unspecified atom stereocenters. The first-order chi connectivity index (χ1) is 15.0. The Morgan fingerprint density at radius 1 is 1.16 bits per heavy atom. The van der Waals surface area contributed by atoms with Crippen molar-refractivity contribution in [3.8, 4) is 0 Å². The molecule has 3 amide bonds. The lowest BCUT2D eigenvalue weighted by atomic mass is 10.1. The summed E-state index contributed by atoms with van der Waals surface area (Å²) < 4.78 is 5.61. The number of nitrogens with one attached hydrogen (secondary N) is 2. The van der Waals surface area contributed by atoms with E-state index in [4.69, 9.17) is 9.84 Å². The Bertz CT molecular complexity index is 929. The van der Waals surface area contributed by atoms with Crippen LogP contribution in [0.1, 0.15) is 30.1 Å². The molecule has 1 atom stereocenters. The third-order valence-corrected chi connectivity index (χ3v) is 5.00. The van der Waals surface area contributed by atoms with Gasteiger partial charge in [0.25, 0.3) is 0 Å². The van der Waals surface area contributed by atoms with Crippen molar-refractivity contribution in [1.82, 2.24) is 5.32 Å². The number of hydrogen-bond acceptors (Lipinski definition) is 5. The van der Waals surface area contributed by atoms with Gasteiger partial charge in [-0.2, -0.15) is 0 Å². The lowest BCUT2D eigenvalue weighted by Crippen LogP contribution is -2.38. The highest BCUT2D eigenvalue weighted by atomic mass is 16.5. The molecule has 1 aliphatic rings. The van der Waals surface area contributed by atoms with Crippen molar-refractivity contribution in [3.63, 3.8) is 0 Å². The Morgan fingerprint density at radius 2 is 1.94 bits per heavy atom. The van der Waals surface area contributed by atoms with Gasteiger partial charge >= 0.3 is 11.8 Å². The molecule has 0 bridgehead atoms. The van der Waals surface area contributed by atoms with E-state index in [1.165, 1.54) is 0 Å². The first-order valence-electron chi connectivity index (χ1n) is 10.3. The van der Waals surface area contributed by atoms with E-state index in [0.29, 0.717) is 24.3 Å². The average Bonchev–Trinajstić information content (AvgIpc) is 3.20. The Kier molecular flexibility index (Phi) is 7.75. The topological polar surface area (TPSA) is 108 Å². The number of ether oxygens (including phenoxy) is 1. The third-order valence-electron chi connectivity index (χ3n) is 5.00. The maximum Gasteiger partial charge on any atom is 0.313 e. The van der Waals surface area contributed by atoms with E-state index in [0.717, 1.165) is 17.5 Å². The molecule has 164 valence electrons. The van der Waals surface area contributed by atoms with Crippen LogP contribution in [0.25, 0.3) is 0 Å². The summed E-state index contributed by atoms with van der Waals surface area (Å²) in [5.41, 5.74) is 3.05. The van der Waals surface area contributed by atoms with Crippen LogP contribution in [0.3, 0.4) is 0 Å². The molecule has 1 fully saturated rings. The molecule has 0 spiro atoms. The second kappa shape index (κ2) is 10.7. The number of rotatable bonds is 8. The Morgan fingerprint density at radius 3 is 2.61 bits per heavy atom. The van der Waals surface area contributed by atoms with Crippen LogP contribution in [-0.2, 0) is 19.1 Å². The van der Waals surface area contributed by atoms with Gasteiger partial charge in [0.2, 0.25) is 5.91 Å². The number of anilines is 2. The summed E-state index contributed by atoms with van der Waals surface area (Å²) in [6.07, 6.45) is 0.826. The molecule has 0 aliphatic carbocycles. The van der Waals surface area contributed by atoms with Crippen LogP contribution in [-0.4, -0.2) is 49.1 Å². The molecule has 8 nitrogen and oxygen atoms in total. The summed E-state index contributed by atoms with van der Waals surface area (Å²) in [5, 5.41) is 14.2. The van der Waals surface area contributed by atoms with Crippen molar-refractivity contribution >= 4 is 29.1 Å². The number of aryl methyl sites for hydroxylation is 1. The number of carbonyl (C=O) groups excluding carboxylic acids is 3. The van der Waals surface area contributed by atoms with Crippen LogP contribution < -0.4 is 15.5 Å². The first kappa shape index (κ1) is 22.5. The highest BCUT2D eigenvalue weighted by Gasteiger charge is 2.22. The Labute approximate surface area is 181 Å². The van der Waals surface area contributed by atoms with E-state index in [1.807, 2.05) is 31.2 Å². The van der Waals surface area contributed by atoms with Crippen molar-refractivity contribution in [2.45, 2.75) is 25.9 Å². The van der Waals surface area contributed by atoms with Crippen LogP contribution in [0.4, 0.5) is 11.4 Å². The van der Waals surface area contributed by atoms with E-state index in [-0.39, 0.29) is 25.7 Å². The van der Waals surface area contributed by atoms with Gasteiger partial charge in [0, 0.05) is 30.9 Å². The Hall–Kier alpha value is -3.23. The zero-order chi connectivity index (χ0) is 22.2. The highest BCUT2D eigenvalue weighted by Crippen LogP contribution is 2.24. The molecule has 31 heavy (non-hydrogen) atoms. The smallest absolute Gasteiger partial charge is 0.313 e. The van der Waals surface area contributed by atoms with Crippen molar-refractivity contribution in [3.05, 3.63) is 59.7 Å². The lowest BCUT2D eigenvalue weighted by Gasteiger charge is -2.19. The van der Waals surface area contributed by atoms with Crippen LogP contribution >= 0.6 is 0 Å². The van der Waals surface area contributed by atoms with Gasteiger partial charge in [-0.05, 0) is 37.1 Å². The summed E-state index contributed by atoms with van der Waals surface area (Å²) in [6.45, 7) is 2.66. The summed E-state index contributed by atoms with van der Waals surface area (Å²) in [6, 6.07) is 14.5. The van der Waals surface area contributed by atoms with Gasteiger partial charge in [-0.1, -0.05) is 35.9 Å². The van der Waals surface area contributed by atoms with Gasteiger partial charge in [0.05, 0.1) is 19.3 Å². The summed E-state index contributed by atoms with van der Waals surface area (Å²) in [7, 11) is 0. The van der Waals surface area contributed by atoms with Crippen LogP contribution in [0.15, 0.2) is 48.5 Å². The van der Waals surface area contributed by atoms with Crippen molar-refractivity contribution in [2.24, 2.45) is 0 Å². The molecule has 0 aromatic heterocycles. The quantitative estimate of drug-likeness (QED) is 0.560. The number of aliphatic hydroxyl groups is 1. The van der Waals surface area contributed by atoms with Crippen molar-refractivity contribution < 1.29 is 24.2 Å². The van der Waals surface area contributed by atoms with E-state index in [2.05, 4.69) is 10.6 Å². The zero-order valence-corrected chi connectivity index (χ0v) is 17.5. The normalized spacial score (nSPS) is 14.4. The molecule has 2 aromatic rings. The molecular weight excluding hydrogens is 398 g/mol. The van der Waals surface area contributed by atoms with Crippen LogP contribution in [0.2, 0.25) is 0 Å². The predicted octanol–water partition coefficient (Wildman–Crippen LogP) is 1.93. The Balaban J connectivity index is 1.58. The van der Waals surface area contributed by atoms with E-state index >= 15 is 0 Å². The van der Waals surface area contributed by atoms with Gasteiger partial charge in [-0.15, -0.1) is 0 Å². The predicted molar refractivity (Wildman–Crippen MR) is 117 cm³/mol. The number of amides is 3. The summed E-state index contributed by atoms with van der Waals surface area (Å²) >= 11 is 0. The molecule has 1 heterocycles. The molecule has 3 rings (SSSR count). The molecule has 0 saturated carbocycles. The van der Waals surface area contributed by atoms with Crippen LogP contribution in [0.5, 0.6) is 0 Å². The molecule has 2 aromatic carbocycles. The fourth-order valence-corrected chi connectivity index (χ4v) is 3.38. The summed E-state index contributed by atoms with van der Waals surface area (Å²) in [4.78, 5) is 38.2. The molecule has 0 radical (unpaired) electrons. The highest BCUT2D eigenvalue weighted by molar-refractivity contribution is 6.39. The van der Waals surface area contributed by atoms with Gasteiger partial charge < -0.3 is 25.4 Å². The maximum atomic E-state index is 12.3. The van der Waals surface area contributed by atoms with E-state index in [9.17, 15) is 14.4 Å². The van der Waals surface area contributed by atoms with Crippen molar-refractivity contribution in [1.29, 1.82) is 0 Å². The third kappa shape index (κ3) is 6.13. The number of nitrogens with zero attached hydrogens (tertiary/aromatic N) is 1. The minimum absolute atomic E-state index is 0.0475. The fraction of sp³-hybridized carbons (Fsp3) is 0.348. The second-order valence-corrected chi connectivity index (χ2v) is 7.36. The number of hydrogen-bond donors (Lipinski definition) is 3. The van der Waals surface area contributed by atoms with Gasteiger partial charge in [0.15, 0.2) is 0 Å². The van der Waals surface area contributed by atoms with Gasteiger partial charge in [-0.3, -0.25) is 14.4 Å². The SMILES string of the molecule is Cc1ccc(C(CNC(=O)C(=O)Nc2cccc(N3CCCC3=O)c2)OCCO)cc1. The molecule has 8 heteroatoms. The molecule has 1 saturated heterocycles. The molecule has 1 aliphatic heterocycles. The van der Waals surface area contributed by atoms with Gasteiger partial charge in [-0.25, -0.2) is 0 Å². The largest absolute Gasteiger partial charge is 0.394 e. The monoisotopic (exact) mass is 425 g/mol. The van der Waals surface area contributed by atoms with Crippen LogP contribution in [0, 0.1) is 6.92 Å². The number of carbonyl (C=O) groups is 3. The maximum absolute atomic E-state index is 12.3. The first-order valence-corrected chi connectivity index (χ1v) is 10.3. The zero-order valence-electron chi connectivity index (χ0n) is 17.5.